The third-order valence-corrected chi connectivity index (χ3v) is 7.84. The van der Waals surface area contributed by atoms with Crippen LogP contribution in [0.2, 0.25) is 0 Å². The molecule has 41 heavy (non-hydrogen) atoms. The van der Waals surface area contributed by atoms with Crippen LogP contribution in [0.3, 0.4) is 0 Å². The Morgan fingerprint density at radius 2 is 1.83 bits per heavy atom. The average Bonchev–Trinajstić information content (AvgIpc) is 3.26. The van der Waals surface area contributed by atoms with E-state index in [0.717, 1.165) is 6.42 Å². The summed E-state index contributed by atoms with van der Waals surface area (Å²) >= 11 is 4.76. The summed E-state index contributed by atoms with van der Waals surface area (Å²) in [7, 11) is 1.57. The molecule has 0 N–H and O–H groups in total. The number of rotatable bonds is 11. The van der Waals surface area contributed by atoms with Gasteiger partial charge in [0.1, 0.15) is 11.5 Å². The summed E-state index contributed by atoms with van der Waals surface area (Å²) in [6, 6.07) is 11.8. The van der Waals surface area contributed by atoms with Crippen LogP contribution in [-0.2, 0) is 19.1 Å². The van der Waals surface area contributed by atoms with Gasteiger partial charge < -0.3 is 18.9 Å². The number of hydrogen-bond donors (Lipinski definition) is 0. The van der Waals surface area contributed by atoms with E-state index in [9.17, 15) is 14.4 Å². The van der Waals surface area contributed by atoms with E-state index in [2.05, 4.69) is 15.9 Å². The largest absolute Gasteiger partial charge is 0.496 e. The Bertz CT molecular complexity index is 1660. The minimum absolute atomic E-state index is 0.188. The van der Waals surface area contributed by atoms with E-state index >= 15 is 0 Å². The van der Waals surface area contributed by atoms with Gasteiger partial charge in [-0.3, -0.25) is 9.36 Å². The fourth-order valence-corrected chi connectivity index (χ4v) is 6.07. The molecule has 216 valence electrons. The lowest BCUT2D eigenvalue weighted by atomic mass is 9.94. The van der Waals surface area contributed by atoms with Crippen LogP contribution in [0.4, 0.5) is 0 Å². The molecule has 11 heteroatoms. The van der Waals surface area contributed by atoms with Crippen molar-refractivity contribution in [3.05, 3.63) is 89.0 Å². The first kappa shape index (κ1) is 30.3. The van der Waals surface area contributed by atoms with Crippen molar-refractivity contribution in [2.75, 3.05) is 26.9 Å². The number of carbonyl (C=O) groups is 2. The number of para-hydroxylation sites is 1. The molecule has 0 fully saturated rings. The lowest BCUT2D eigenvalue weighted by Crippen LogP contribution is -2.40. The first-order chi connectivity index (χ1) is 19.8. The number of carbonyl (C=O) groups excluding carboxylic acids is 2. The third kappa shape index (κ3) is 6.62. The number of esters is 2. The fourth-order valence-electron chi connectivity index (χ4n) is 4.50. The number of nitrogens with zero attached hydrogens (tertiary/aromatic N) is 2. The SMILES string of the molecule is CCCC1=C(C(=O)OCC)[C@H](c2ccc(OC)c(Br)c2)n2c(s/c(=C\c3ccccc3OCC(=O)OCC)c2=O)=N1. The van der Waals surface area contributed by atoms with Crippen LogP contribution in [-0.4, -0.2) is 43.4 Å². The zero-order valence-corrected chi connectivity index (χ0v) is 25.7. The van der Waals surface area contributed by atoms with Crippen LogP contribution < -0.4 is 24.4 Å². The first-order valence-electron chi connectivity index (χ1n) is 13.3. The summed E-state index contributed by atoms with van der Waals surface area (Å²) in [5.41, 5.74) is 1.93. The molecule has 0 aliphatic carbocycles. The van der Waals surface area contributed by atoms with Gasteiger partial charge >= 0.3 is 11.9 Å². The highest BCUT2D eigenvalue weighted by molar-refractivity contribution is 9.10. The van der Waals surface area contributed by atoms with Crippen LogP contribution in [0.1, 0.15) is 50.8 Å². The normalized spacial score (nSPS) is 14.8. The van der Waals surface area contributed by atoms with Gasteiger partial charge in [-0.15, -0.1) is 0 Å². The van der Waals surface area contributed by atoms with Crippen molar-refractivity contribution in [1.82, 2.24) is 4.57 Å². The molecule has 2 aromatic carbocycles. The molecule has 0 saturated carbocycles. The van der Waals surface area contributed by atoms with E-state index in [1.807, 2.05) is 25.1 Å². The molecule has 3 aromatic rings. The van der Waals surface area contributed by atoms with E-state index in [1.165, 1.54) is 15.9 Å². The summed E-state index contributed by atoms with van der Waals surface area (Å²) in [5.74, 6) is 0.0582. The van der Waals surface area contributed by atoms with Crippen LogP contribution in [0.5, 0.6) is 11.5 Å². The van der Waals surface area contributed by atoms with Crippen LogP contribution in [0, 0.1) is 0 Å². The van der Waals surface area contributed by atoms with Crippen LogP contribution in [0.15, 0.2) is 68.0 Å². The van der Waals surface area contributed by atoms with Gasteiger partial charge in [0.2, 0.25) is 0 Å². The van der Waals surface area contributed by atoms with E-state index in [-0.39, 0.29) is 25.4 Å². The molecule has 9 nitrogen and oxygen atoms in total. The predicted octanol–water partition coefficient (Wildman–Crippen LogP) is 4.29. The highest BCUT2D eigenvalue weighted by Crippen LogP contribution is 2.36. The maximum Gasteiger partial charge on any atom is 0.344 e. The van der Waals surface area contributed by atoms with Gasteiger partial charge in [0.15, 0.2) is 11.4 Å². The quantitative estimate of drug-likeness (QED) is 0.287. The molecule has 0 unspecified atom stereocenters. The molecule has 2 heterocycles. The summed E-state index contributed by atoms with van der Waals surface area (Å²) in [5, 5.41) is 0. The van der Waals surface area contributed by atoms with Gasteiger partial charge in [0, 0.05) is 5.56 Å². The molecular weight excluding hydrogens is 612 g/mol. The number of fused-ring (bicyclic) bond motifs is 1. The number of benzene rings is 2. The molecule has 0 saturated heterocycles. The maximum absolute atomic E-state index is 14.0. The summed E-state index contributed by atoms with van der Waals surface area (Å²) in [4.78, 5) is 44.5. The summed E-state index contributed by atoms with van der Waals surface area (Å²) in [6.07, 6.45) is 3.00. The molecule has 4 rings (SSSR count). The molecular formula is C30H31BrN2O7S. The van der Waals surface area contributed by atoms with Crippen LogP contribution >= 0.6 is 27.3 Å². The second kappa shape index (κ2) is 13.8. The molecule has 0 amide bonds. The smallest absolute Gasteiger partial charge is 0.344 e. The predicted molar refractivity (Wildman–Crippen MR) is 159 cm³/mol. The van der Waals surface area contributed by atoms with Crippen molar-refractivity contribution in [3.63, 3.8) is 0 Å². The molecule has 1 atom stereocenters. The topological polar surface area (TPSA) is 105 Å². The number of aromatic nitrogens is 1. The summed E-state index contributed by atoms with van der Waals surface area (Å²) < 4.78 is 24.1. The van der Waals surface area contributed by atoms with E-state index in [1.54, 1.807) is 51.3 Å². The third-order valence-electron chi connectivity index (χ3n) is 6.24. The molecule has 1 aliphatic heterocycles. The highest BCUT2D eigenvalue weighted by atomic mass is 79.9. The number of halogens is 1. The van der Waals surface area contributed by atoms with Crippen LogP contribution in [0.25, 0.3) is 6.08 Å². The number of thiazole rings is 1. The zero-order valence-electron chi connectivity index (χ0n) is 23.3. The molecule has 0 radical (unpaired) electrons. The van der Waals surface area contributed by atoms with Gasteiger partial charge in [-0.05, 0) is 66.0 Å². The van der Waals surface area contributed by atoms with E-state index < -0.39 is 18.0 Å². The van der Waals surface area contributed by atoms with Crippen molar-refractivity contribution in [3.8, 4) is 11.5 Å². The molecule has 0 bridgehead atoms. The van der Waals surface area contributed by atoms with Gasteiger partial charge in [0.05, 0.1) is 46.6 Å². The minimum Gasteiger partial charge on any atom is -0.496 e. The molecule has 1 aliphatic rings. The number of allylic oxidation sites excluding steroid dienone is 1. The number of hydrogen-bond acceptors (Lipinski definition) is 9. The maximum atomic E-state index is 14.0. The second-order valence-corrected chi connectivity index (χ2v) is 10.8. The monoisotopic (exact) mass is 642 g/mol. The molecule has 1 aromatic heterocycles. The van der Waals surface area contributed by atoms with Crippen molar-refractivity contribution in [2.24, 2.45) is 4.99 Å². The Balaban J connectivity index is 1.91. The summed E-state index contributed by atoms with van der Waals surface area (Å²) in [6.45, 7) is 5.66. The molecule has 0 spiro atoms. The Morgan fingerprint density at radius 1 is 1.07 bits per heavy atom. The zero-order chi connectivity index (χ0) is 29.5. The lowest BCUT2D eigenvalue weighted by Gasteiger charge is -2.26. The highest BCUT2D eigenvalue weighted by Gasteiger charge is 2.34. The van der Waals surface area contributed by atoms with E-state index in [0.29, 0.717) is 54.1 Å². The van der Waals surface area contributed by atoms with Gasteiger partial charge in [-0.2, -0.15) is 0 Å². The number of methoxy groups -OCH3 is 1. The van der Waals surface area contributed by atoms with Gasteiger partial charge in [-0.1, -0.05) is 48.9 Å². The Hall–Kier alpha value is -3.70. The van der Waals surface area contributed by atoms with Crippen molar-refractivity contribution < 1.29 is 28.5 Å². The van der Waals surface area contributed by atoms with Crippen molar-refractivity contribution in [2.45, 2.75) is 39.7 Å². The Morgan fingerprint density at radius 3 is 2.51 bits per heavy atom. The van der Waals surface area contributed by atoms with Gasteiger partial charge in [-0.25, -0.2) is 14.6 Å². The minimum atomic E-state index is -0.758. The second-order valence-electron chi connectivity index (χ2n) is 8.94. The Labute approximate surface area is 249 Å². The number of ether oxygens (including phenoxy) is 4. The van der Waals surface area contributed by atoms with Crippen molar-refractivity contribution in [1.29, 1.82) is 0 Å². The standard InChI is InChI=1S/C30H31BrN2O7S/c1-5-10-21-26(29(36)39-7-3)27(19-13-14-23(37-4)20(31)15-19)33-28(35)24(41-30(33)32-21)16-18-11-8-9-12-22(18)40-17-25(34)38-6-2/h8-9,11-16,27H,5-7,10,17H2,1-4H3/b24-16-/t27-/m0/s1. The van der Waals surface area contributed by atoms with Crippen molar-refractivity contribution >= 4 is 45.3 Å². The van der Waals surface area contributed by atoms with E-state index in [4.69, 9.17) is 23.9 Å². The average molecular weight is 644 g/mol. The fraction of sp³-hybridized carbons (Fsp3) is 0.333. The van der Waals surface area contributed by atoms with Gasteiger partial charge in [0.25, 0.3) is 5.56 Å². The first-order valence-corrected chi connectivity index (χ1v) is 14.9. The lowest BCUT2D eigenvalue weighted by molar-refractivity contribution is -0.145. The Kier molecular flexibility index (Phi) is 10.2.